The SMILES string of the molecule is CC1NC(C#Cc2ccc(N(C)c3ccccn3)nc2)=CS1. The van der Waals surface area contributed by atoms with Gasteiger partial charge in [0, 0.05) is 30.4 Å². The van der Waals surface area contributed by atoms with Crippen LogP contribution in [0.5, 0.6) is 0 Å². The van der Waals surface area contributed by atoms with Crippen LogP contribution in [0.15, 0.2) is 53.8 Å². The Bertz CT molecular complexity index is 729. The molecular formula is C17H16N4S. The average molecular weight is 308 g/mol. The van der Waals surface area contributed by atoms with E-state index >= 15 is 0 Å². The van der Waals surface area contributed by atoms with Crippen LogP contribution in [-0.2, 0) is 0 Å². The van der Waals surface area contributed by atoms with E-state index in [4.69, 9.17) is 0 Å². The molecule has 0 aromatic carbocycles. The second-order valence-corrected chi connectivity index (χ2v) is 6.07. The standard InChI is InChI=1S/C17H16N4S/c1-13-20-15(12-22-13)8-6-14-7-9-17(19-11-14)21(2)16-5-3-4-10-18-16/h3-5,7,9-13,20H,1-2H3. The maximum Gasteiger partial charge on any atom is 0.133 e. The lowest BCUT2D eigenvalue weighted by molar-refractivity contribution is 0.847. The summed E-state index contributed by atoms with van der Waals surface area (Å²) in [5.74, 6) is 7.94. The molecule has 1 unspecified atom stereocenters. The summed E-state index contributed by atoms with van der Waals surface area (Å²) < 4.78 is 0. The number of nitrogens with one attached hydrogen (secondary N) is 1. The molecule has 22 heavy (non-hydrogen) atoms. The lowest BCUT2D eigenvalue weighted by atomic mass is 10.2. The lowest BCUT2D eigenvalue weighted by Gasteiger charge is -2.16. The number of allylic oxidation sites excluding steroid dienone is 1. The number of pyridine rings is 2. The van der Waals surface area contributed by atoms with Crippen LogP contribution >= 0.6 is 11.8 Å². The van der Waals surface area contributed by atoms with Crippen molar-refractivity contribution in [3.63, 3.8) is 0 Å². The molecule has 1 aliphatic heterocycles. The molecule has 0 aliphatic carbocycles. The Balaban J connectivity index is 1.72. The number of nitrogens with zero attached hydrogens (tertiary/aromatic N) is 3. The Morgan fingerprint density at radius 1 is 1.14 bits per heavy atom. The molecule has 110 valence electrons. The van der Waals surface area contributed by atoms with Crippen molar-refractivity contribution in [2.75, 3.05) is 11.9 Å². The van der Waals surface area contributed by atoms with Gasteiger partial charge in [0.15, 0.2) is 0 Å². The Morgan fingerprint density at radius 3 is 2.64 bits per heavy atom. The lowest BCUT2D eigenvalue weighted by Crippen LogP contribution is -2.15. The first-order chi connectivity index (χ1) is 10.7. The van der Waals surface area contributed by atoms with Crippen LogP contribution in [0.25, 0.3) is 0 Å². The van der Waals surface area contributed by atoms with Gasteiger partial charge in [0.2, 0.25) is 0 Å². The zero-order valence-corrected chi connectivity index (χ0v) is 13.3. The molecule has 0 fully saturated rings. The van der Waals surface area contributed by atoms with E-state index in [0.717, 1.165) is 22.9 Å². The quantitative estimate of drug-likeness (QED) is 0.863. The minimum atomic E-state index is 0.400. The van der Waals surface area contributed by atoms with Gasteiger partial charge in [0.25, 0.3) is 0 Å². The number of hydrogen-bond donors (Lipinski definition) is 1. The summed E-state index contributed by atoms with van der Waals surface area (Å²) in [6.07, 6.45) is 3.56. The highest BCUT2D eigenvalue weighted by Gasteiger charge is 2.08. The monoisotopic (exact) mass is 308 g/mol. The van der Waals surface area contributed by atoms with Crippen LogP contribution in [0.1, 0.15) is 12.5 Å². The molecule has 1 atom stereocenters. The van der Waals surface area contributed by atoms with Crippen LogP contribution in [0.2, 0.25) is 0 Å². The van der Waals surface area contributed by atoms with Crippen LogP contribution < -0.4 is 10.2 Å². The van der Waals surface area contributed by atoms with Gasteiger partial charge in [-0.25, -0.2) is 9.97 Å². The predicted octanol–water partition coefficient (Wildman–Crippen LogP) is 3.12. The van der Waals surface area contributed by atoms with Crippen molar-refractivity contribution in [2.45, 2.75) is 12.3 Å². The van der Waals surface area contributed by atoms with E-state index in [1.807, 2.05) is 47.7 Å². The third-order valence-corrected chi connectivity index (χ3v) is 4.07. The Kier molecular flexibility index (Phi) is 4.31. The third-order valence-electron chi connectivity index (χ3n) is 3.17. The van der Waals surface area contributed by atoms with Gasteiger partial charge in [-0.15, -0.1) is 11.8 Å². The first-order valence-corrected chi connectivity index (χ1v) is 7.91. The van der Waals surface area contributed by atoms with Gasteiger partial charge >= 0.3 is 0 Å². The maximum atomic E-state index is 4.45. The van der Waals surface area contributed by atoms with Gasteiger partial charge in [-0.2, -0.15) is 0 Å². The van der Waals surface area contributed by atoms with Crippen molar-refractivity contribution in [1.29, 1.82) is 0 Å². The van der Waals surface area contributed by atoms with Crippen LogP contribution in [-0.4, -0.2) is 22.4 Å². The van der Waals surface area contributed by atoms with E-state index in [1.165, 1.54) is 0 Å². The van der Waals surface area contributed by atoms with Crippen LogP contribution in [0, 0.1) is 11.8 Å². The van der Waals surface area contributed by atoms with Gasteiger partial charge < -0.3 is 10.2 Å². The number of thioether (sulfide) groups is 1. The van der Waals surface area contributed by atoms with Crippen molar-refractivity contribution >= 4 is 23.4 Å². The van der Waals surface area contributed by atoms with Gasteiger partial charge in [-0.1, -0.05) is 12.0 Å². The Labute approximate surface area is 134 Å². The zero-order chi connectivity index (χ0) is 15.4. The minimum absolute atomic E-state index is 0.400. The van der Waals surface area contributed by atoms with E-state index < -0.39 is 0 Å². The van der Waals surface area contributed by atoms with Crippen molar-refractivity contribution in [3.05, 3.63) is 59.4 Å². The molecule has 2 aromatic heterocycles. The Hall–Kier alpha value is -2.45. The average Bonchev–Trinajstić information content (AvgIpc) is 2.99. The summed E-state index contributed by atoms with van der Waals surface area (Å²) in [6.45, 7) is 2.11. The van der Waals surface area contributed by atoms with Crippen molar-refractivity contribution in [2.24, 2.45) is 0 Å². The fourth-order valence-corrected chi connectivity index (χ4v) is 2.65. The molecule has 0 amide bonds. The first-order valence-electron chi connectivity index (χ1n) is 6.97. The maximum absolute atomic E-state index is 4.45. The van der Waals surface area contributed by atoms with Gasteiger partial charge in [-0.05, 0) is 37.1 Å². The zero-order valence-electron chi connectivity index (χ0n) is 12.4. The number of anilines is 2. The van der Waals surface area contributed by atoms with Crippen molar-refractivity contribution < 1.29 is 0 Å². The number of aromatic nitrogens is 2. The topological polar surface area (TPSA) is 41.0 Å². The fourth-order valence-electron chi connectivity index (χ4n) is 1.99. The summed E-state index contributed by atoms with van der Waals surface area (Å²) in [5.41, 5.74) is 1.86. The largest absolute Gasteiger partial charge is 0.366 e. The molecule has 1 aliphatic rings. The number of rotatable bonds is 2. The summed E-state index contributed by atoms with van der Waals surface area (Å²) in [5, 5.41) is 5.74. The summed E-state index contributed by atoms with van der Waals surface area (Å²) in [6, 6.07) is 9.73. The molecule has 3 heterocycles. The highest BCUT2D eigenvalue weighted by molar-refractivity contribution is 8.02. The normalized spacial score (nSPS) is 16.3. The molecule has 0 saturated carbocycles. The summed E-state index contributed by atoms with van der Waals surface area (Å²) >= 11 is 1.74. The molecule has 4 nitrogen and oxygen atoms in total. The number of hydrogen-bond acceptors (Lipinski definition) is 5. The van der Waals surface area contributed by atoms with Crippen LogP contribution in [0.3, 0.4) is 0 Å². The summed E-state index contributed by atoms with van der Waals surface area (Å²) in [4.78, 5) is 10.7. The predicted molar refractivity (Wildman–Crippen MR) is 91.7 cm³/mol. The molecule has 1 N–H and O–H groups in total. The van der Waals surface area contributed by atoms with Gasteiger partial charge in [0.05, 0.1) is 11.1 Å². The third kappa shape index (κ3) is 3.41. The highest BCUT2D eigenvalue weighted by atomic mass is 32.2. The second kappa shape index (κ2) is 6.54. The molecule has 0 saturated heterocycles. The highest BCUT2D eigenvalue weighted by Crippen LogP contribution is 2.20. The van der Waals surface area contributed by atoms with E-state index in [-0.39, 0.29) is 0 Å². The molecule has 5 heteroatoms. The first kappa shape index (κ1) is 14.5. The Morgan fingerprint density at radius 2 is 2.00 bits per heavy atom. The second-order valence-electron chi connectivity index (χ2n) is 4.86. The smallest absolute Gasteiger partial charge is 0.133 e. The van der Waals surface area contributed by atoms with E-state index in [9.17, 15) is 0 Å². The molecule has 0 radical (unpaired) electrons. The molecule has 0 bridgehead atoms. The van der Waals surface area contributed by atoms with Crippen molar-refractivity contribution in [3.8, 4) is 11.8 Å². The molecule has 0 spiro atoms. The minimum Gasteiger partial charge on any atom is -0.366 e. The van der Waals surface area contributed by atoms with Crippen LogP contribution in [0.4, 0.5) is 11.6 Å². The fraction of sp³-hybridized carbons (Fsp3) is 0.176. The molecular weight excluding hydrogens is 292 g/mol. The van der Waals surface area contributed by atoms with Crippen molar-refractivity contribution in [1.82, 2.24) is 15.3 Å². The van der Waals surface area contributed by atoms with E-state index in [2.05, 4.69) is 34.0 Å². The van der Waals surface area contributed by atoms with E-state index in [1.54, 1.807) is 24.2 Å². The molecule has 2 aromatic rings. The van der Waals surface area contributed by atoms with Gasteiger partial charge in [-0.3, -0.25) is 0 Å². The van der Waals surface area contributed by atoms with E-state index in [0.29, 0.717) is 5.37 Å². The summed E-state index contributed by atoms with van der Waals surface area (Å²) in [7, 11) is 1.95. The molecule has 3 rings (SSSR count). The van der Waals surface area contributed by atoms with Gasteiger partial charge in [0.1, 0.15) is 11.6 Å².